The predicted molar refractivity (Wildman–Crippen MR) is 108 cm³/mol. The van der Waals surface area contributed by atoms with Crippen molar-refractivity contribution in [2.24, 2.45) is 0 Å². The van der Waals surface area contributed by atoms with Gasteiger partial charge in [0, 0.05) is 45.0 Å². The molecule has 1 aromatic carbocycles. The summed E-state index contributed by atoms with van der Waals surface area (Å²) in [6.45, 7) is 11.5. The first-order chi connectivity index (χ1) is 13.0. The number of carbonyl (C=O) groups is 2. The first-order valence-corrected chi connectivity index (χ1v) is 10.1. The van der Waals surface area contributed by atoms with Gasteiger partial charge in [-0.1, -0.05) is 18.2 Å². The topological polar surface area (TPSA) is 55.9 Å². The zero-order chi connectivity index (χ0) is 19.4. The molecular weight excluding hydrogens is 340 g/mol. The van der Waals surface area contributed by atoms with Crippen molar-refractivity contribution in [1.82, 2.24) is 14.7 Å². The minimum atomic E-state index is -0.0614. The zero-order valence-corrected chi connectivity index (χ0v) is 16.8. The number of carbonyl (C=O) groups excluding carboxylic acids is 2. The average molecular weight is 373 g/mol. The molecule has 3 rings (SSSR count). The van der Waals surface area contributed by atoms with E-state index in [2.05, 4.69) is 15.1 Å². The number of likely N-dealkylation sites (tertiary alicyclic amines) is 1. The molecule has 148 valence electrons. The summed E-state index contributed by atoms with van der Waals surface area (Å²) >= 11 is 0. The van der Waals surface area contributed by atoms with Crippen LogP contribution in [0.5, 0.6) is 0 Å². The van der Waals surface area contributed by atoms with E-state index in [-0.39, 0.29) is 17.9 Å². The summed E-state index contributed by atoms with van der Waals surface area (Å²) in [6, 6.07) is 5.97. The number of hydrogen-bond acceptors (Lipinski definition) is 4. The van der Waals surface area contributed by atoms with Gasteiger partial charge in [-0.3, -0.25) is 19.4 Å². The normalized spacial score (nSPS) is 19.9. The van der Waals surface area contributed by atoms with Gasteiger partial charge in [0.2, 0.25) is 11.8 Å². The minimum Gasteiger partial charge on any atom is -0.341 e. The Morgan fingerprint density at radius 2 is 1.59 bits per heavy atom. The second kappa shape index (κ2) is 8.85. The molecule has 0 aromatic heterocycles. The first-order valence-electron chi connectivity index (χ1n) is 10.1. The number of aryl methyl sites for hydroxylation is 2. The molecule has 2 aliphatic rings. The first kappa shape index (κ1) is 19.8. The highest BCUT2D eigenvalue weighted by atomic mass is 16.2. The summed E-state index contributed by atoms with van der Waals surface area (Å²) in [4.78, 5) is 31.5. The molecule has 0 bridgehead atoms. The molecule has 0 aliphatic carbocycles. The number of nitrogens with zero attached hydrogens (tertiary/aromatic N) is 3. The third-order valence-electron chi connectivity index (χ3n) is 5.84. The number of para-hydroxylation sites is 1. The molecule has 2 fully saturated rings. The molecule has 6 heteroatoms. The second-order valence-electron chi connectivity index (χ2n) is 7.84. The summed E-state index contributed by atoms with van der Waals surface area (Å²) in [5.41, 5.74) is 3.09. The van der Waals surface area contributed by atoms with Crippen molar-refractivity contribution in [2.75, 3.05) is 51.1 Å². The number of hydrogen-bond donors (Lipinski definition) is 1. The Balaban J connectivity index is 1.46. The fourth-order valence-electron chi connectivity index (χ4n) is 4.06. The lowest BCUT2D eigenvalue weighted by atomic mass is 10.1. The van der Waals surface area contributed by atoms with Crippen LogP contribution in [0.4, 0.5) is 5.69 Å². The van der Waals surface area contributed by atoms with Gasteiger partial charge >= 0.3 is 0 Å². The van der Waals surface area contributed by atoms with Crippen LogP contribution in [0.25, 0.3) is 0 Å². The van der Waals surface area contributed by atoms with Crippen LogP contribution in [0.3, 0.4) is 0 Å². The molecule has 2 aliphatic heterocycles. The van der Waals surface area contributed by atoms with E-state index in [4.69, 9.17) is 0 Å². The highest BCUT2D eigenvalue weighted by Gasteiger charge is 2.30. The lowest BCUT2D eigenvalue weighted by Gasteiger charge is -2.38. The summed E-state index contributed by atoms with van der Waals surface area (Å²) in [5.74, 6) is 0.288. The maximum Gasteiger partial charge on any atom is 0.239 e. The van der Waals surface area contributed by atoms with Gasteiger partial charge in [0.1, 0.15) is 0 Å². The lowest BCUT2D eigenvalue weighted by Crippen LogP contribution is -2.55. The fraction of sp³-hybridized carbons (Fsp3) is 0.619. The smallest absolute Gasteiger partial charge is 0.239 e. The molecule has 6 nitrogen and oxygen atoms in total. The Labute approximate surface area is 162 Å². The SMILES string of the molecule is Cc1cccc(C)c1NC(=O)CN1CCN([C@@H](C)C(=O)N2CCCC2)CC1. The molecular formula is C21H32N4O2. The number of benzene rings is 1. The Kier molecular flexibility index (Phi) is 6.50. The third kappa shape index (κ3) is 4.87. The summed E-state index contributed by atoms with van der Waals surface area (Å²) in [6.07, 6.45) is 2.25. The monoisotopic (exact) mass is 372 g/mol. The quantitative estimate of drug-likeness (QED) is 0.857. The van der Waals surface area contributed by atoms with Crippen molar-refractivity contribution in [2.45, 2.75) is 39.7 Å². The molecule has 0 saturated carbocycles. The molecule has 1 N–H and O–H groups in total. The molecule has 2 amide bonds. The molecule has 27 heavy (non-hydrogen) atoms. The van der Waals surface area contributed by atoms with Crippen LogP contribution in [0.15, 0.2) is 18.2 Å². The van der Waals surface area contributed by atoms with Crippen molar-refractivity contribution < 1.29 is 9.59 Å². The summed E-state index contributed by atoms with van der Waals surface area (Å²) < 4.78 is 0. The molecule has 0 spiro atoms. The van der Waals surface area contributed by atoms with Gasteiger partial charge in [-0.15, -0.1) is 0 Å². The van der Waals surface area contributed by atoms with Gasteiger partial charge in [0.05, 0.1) is 12.6 Å². The van der Waals surface area contributed by atoms with E-state index in [0.29, 0.717) is 6.54 Å². The fourth-order valence-corrected chi connectivity index (χ4v) is 4.06. The number of nitrogens with one attached hydrogen (secondary N) is 1. The Bertz CT molecular complexity index is 657. The van der Waals surface area contributed by atoms with Crippen molar-refractivity contribution in [3.63, 3.8) is 0 Å². The maximum atomic E-state index is 12.6. The van der Waals surface area contributed by atoms with Gasteiger partial charge in [-0.05, 0) is 44.7 Å². The van der Waals surface area contributed by atoms with E-state index in [1.165, 1.54) is 0 Å². The van der Waals surface area contributed by atoms with E-state index >= 15 is 0 Å². The largest absolute Gasteiger partial charge is 0.341 e. The van der Waals surface area contributed by atoms with Crippen LogP contribution in [0.2, 0.25) is 0 Å². The maximum absolute atomic E-state index is 12.6. The van der Waals surface area contributed by atoms with Crippen molar-refractivity contribution >= 4 is 17.5 Å². The van der Waals surface area contributed by atoms with Crippen LogP contribution in [0.1, 0.15) is 30.9 Å². The van der Waals surface area contributed by atoms with Crippen LogP contribution < -0.4 is 5.32 Å². The van der Waals surface area contributed by atoms with E-state index in [1.54, 1.807) is 0 Å². The molecule has 1 aromatic rings. The van der Waals surface area contributed by atoms with Crippen molar-refractivity contribution in [1.29, 1.82) is 0 Å². The van der Waals surface area contributed by atoms with Gasteiger partial charge in [0.15, 0.2) is 0 Å². The zero-order valence-electron chi connectivity index (χ0n) is 16.8. The Morgan fingerprint density at radius 3 is 2.19 bits per heavy atom. The third-order valence-corrected chi connectivity index (χ3v) is 5.84. The van der Waals surface area contributed by atoms with Crippen LogP contribution >= 0.6 is 0 Å². The highest BCUT2D eigenvalue weighted by molar-refractivity contribution is 5.93. The molecule has 0 radical (unpaired) electrons. The van der Waals surface area contributed by atoms with Crippen LogP contribution in [0, 0.1) is 13.8 Å². The number of amides is 2. The van der Waals surface area contributed by atoms with E-state index in [1.807, 2.05) is 43.9 Å². The molecule has 2 saturated heterocycles. The van der Waals surface area contributed by atoms with E-state index in [0.717, 1.165) is 68.9 Å². The number of piperazine rings is 1. The second-order valence-corrected chi connectivity index (χ2v) is 7.84. The van der Waals surface area contributed by atoms with Crippen LogP contribution in [-0.2, 0) is 9.59 Å². The lowest BCUT2D eigenvalue weighted by molar-refractivity contribution is -0.136. The summed E-state index contributed by atoms with van der Waals surface area (Å²) in [5, 5.41) is 3.06. The minimum absolute atomic E-state index is 0.0297. The predicted octanol–water partition coefficient (Wildman–Crippen LogP) is 1.87. The van der Waals surface area contributed by atoms with Gasteiger partial charge < -0.3 is 10.2 Å². The number of anilines is 1. The van der Waals surface area contributed by atoms with E-state index < -0.39 is 0 Å². The Hall–Kier alpha value is -1.92. The van der Waals surface area contributed by atoms with Crippen LogP contribution in [-0.4, -0.2) is 78.4 Å². The Morgan fingerprint density at radius 1 is 1.00 bits per heavy atom. The molecule has 2 heterocycles. The molecule has 1 atom stereocenters. The number of rotatable bonds is 5. The highest BCUT2D eigenvalue weighted by Crippen LogP contribution is 2.19. The van der Waals surface area contributed by atoms with Gasteiger partial charge in [0.25, 0.3) is 0 Å². The standard InChI is InChI=1S/C21H32N4O2/c1-16-7-6-8-17(2)20(16)22-19(26)15-23-11-13-24(14-12-23)18(3)21(27)25-9-4-5-10-25/h6-8,18H,4-5,9-15H2,1-3H3,(H,22,26)/t18-/m0/s1. The van der Waals surface area contributed by atoms with Crippen molar-refractivity contribution in [3.05, 3.63) is 29.3 Å². The molecule has 0 unspecified atom stereocenters. The summed E-state index contributed by atoms with van der Waals surface area (Å²) in [7, 11) is 0. The van der Waals surface area contributed by atoms with E-state index in [9.17, 15) is 9.59 Å². The van der Waals surface area contributed by atoms with Gasteiger partial charge in [-0.25, -0.2) is 0 Å². The van der Waals surface area contributed by atoms with Gasteiger partial charge in [-0.2, -0.15) is 0 Å². The average Bonchev–Trinajstić information content (AvgIpc) is 3.19. The van der Waals surface area contributed by atoms with Crippen molar-refractivity contribution in [3.8, 4) is 0 Å².